The molecule has 0 spiro atoms. The maximum absolute atomic E-state index is 13.1. The summed E-state index contributed by atoms with van der Waals surface area (Å²) in [6.07, 6.45) is 14.5. The van der Waals surface area contributed by atoms with Crippen molar-refractivity contribution in [2.75, 3.05) is 7.11 Å². The highest BCUT2D eigenvalue weighted by Crippen LogP contribution is 2.37. The number of aliphatic hydroxyl groups is 1. The molecule has 0 aliphatic carbocycles. The minimum atomic E-state index is -0.742. The van der Waals surface area contributed by atoms with Gasteiger partial charge in [0.2, 0.25) is 0 Å². The second-order valence-electron chi connectivity index (χ2n) is 25.1. The molecule has 5 N–H and O–H groups in total. The van der Waals surface area contributed by atoms with Gasteiger partial charge in [0, 0.05) is 106 Å². The van der Waals surface area contributed by atoms with Gasteiger partial charge in [-0.15, -0.1) is 0 Å². The van der Waals surface area contributed by atoms with Crippen LogP contribution >= 0.6 is 0 Å². The van der Waals surface area contributed by atoms with Crippen molar-refractivity contribution >= 4 is 49.9 Å². The molecule has 104 heavy (non-hydrogen) atoms. The Morgan fingerprint density at radius 3 is 1.24 bits per heavy atom. The first-order valence-corrected chi connectivity index (χ1v) is 34.5. The Hall–Kier alpha value is -12.7. The van der Waals surface area contributed by atoms with E-state index in [0.717, 1.165) is 118 Å². The Labute approximate surface area is 604 Å². The number of rotatable bonds is 21. The molecule has 15 heteroatoms. The summed E-state index contributed by atoms with van der Waals surface area (Å²) >= 11 is 0. The van der Waals surface area contributed by atoms with Gasteiger partial charge in [-0.3, -0.25) is 4.79 Å². The molecule has 0 aliphatic heterocycles. The molecular formula is C89H80N8O7. The Morgan fingerprint density at radius 2 is 0.731 bits per heavy atom. The number of hydrogen-bond donors (Lipinski definition) is 5. The maximum atomic E-state index is 13.1. The number of pyridine rings is 4. The first-order valence-electron chi connectivity index (χ1n) is 34.5. The molecule has 0 bridgehead atoms. The fraction of sp³-hybridized carbons (Fsp3) is 0.135. The van der Waals surface area contributed by atoms with Crippen LogP contribution in [0.2, 0.25) is 0 Å². The number of methoxy groups -OCH3 is 1. The standard InChI is InChI=1S/C23H22N2O2.C22H20N2O2.C22H18N2O2.C22H20N2O/c1-16-18(10-6-12-21(16)27-15-17-8-4-3-5-9-17)22(26-2)20-14-25-23-19(20)11-7-13-24-23;2*1-15-17(21(25)19-13-24-22-18(19)10-6-12-23-22)9-5-11-20(15)26-14-16-7-3-2-4-8-16;1-16-18(13-19-14-24-22-20(19)10-6-12-23-22)9-5-11-21(16)25-15-17-7-3-2-4-8-17/h3-14,22H,15H2,1-2H3,(H,24,25);2-13,21,25H,14H2,1H3,(H,23,24);2-13H,14H2,1H3,(H,23,24);2-12,14H,13,15H2,1H3,(H,23,24). The number of aromatic nitrogens is 8. The quantitative estimate of drug-likeness (QED) is 0.0429. The van der Waals surface area contributed by atoms with E-state index in [1.165, 1.54) is 27.6 Å². The van der Waals surface area contributed by atoms with E-state index in [9.17, 15) is 9.90 Å². The Bertz CT molecular complexity index is 5480. The van der Waals surface area contributed by atoms with Crippen molar-refractivity contribution in [1.82, 2.24) is 39.9 Å². The summed E-state index contributed by atoms with van der Waals surface area (Å²) in [5, 5.41) is 15.0. The van der Waals surface area contributed by atoms with Crippen molar-refractivity contribution in [3.63, 3.8) is 0 Å². The first-order chi connectivity index (χ1) is 51.1. The average Bonchev–Trinajstić information content (AvgIpc) is 1.65. The molecule has 8 aromatic heterocycles. The third-order valence-electron chi connectivity index (χ3n) is 18.5. The zero-order valence-corrected chi connectivity index (χ0v) is 58.6. The summed E-state index contributed by atoms with van der Waals surface area (Å²) in [5.74, 6) is 3.28. The van der Waals surface area contributed by atoms with E-state index < -0.39 is 6.10 Å². The second-order valence-corrected chi connectivity index (χ2v) is 25.1. The fourth-order valence-corrected chi connectivity index (χ4v) is 12.8. The number of aliphatic hydroxyl groups excluding tert-OH is 1. The summed E-state index contributed by atoms with van der Waals surface area (Å²) in [4.78, 5) is 43.0. The van der Waals surface area contributed by atoms with Gasteiger partial charge in [-0.25, -0.2) is 19.9 Å². The molecular weight excluding hydrogens is 1290 g/mol. The lowest BCUT2D eigenvalue weighted by molar-refractivity contribution is 0.103. The van der Waals surface area contributed by atoms with Crippen molar-refractivity contribution in [1.29, 1.82) is 0 Å². The minimum Gasteiger partial charge on any atom is -0.489 e. The van der Waals surface area contributed by atoms with E-state index in [0.29, 0.717) is 43.2 Å². The van der Waals surface area contributed by atoms with Crippen molar-refractivity contribution in [3.05, 3.63) is 381 Å². The van der Waals surface area contributed by atoms with E-state index in [2.05, 4.69) is 115 Å². The van der Waals surface area contributed by atoms with Crippen LogP contribution < -0.4 is 18.9 Å². The van der Waals surface area contributed by atoms with Crippen LogP contribution in [0.15, 0.2) is 292 Å². The van der Waals surface area contributed by atoms with E-state index in [-0.39, 0.29) is 11.9 Å². The van der Waals surface area contributed by atoms with Gasteiger partial charge in [0.25, 0.3) is 0 Å². The maximum Gasteiger partial charge on any atom is 0.195 e. The first kappa shape index (κ1) is 69.8. The number of nitrogens with zero attached hydrogens (tertiary/aromatic N) is 4. The van der Waals surface area contributed by atoms with E-state index in [1.54, 1.807) is 31.9 Å². The SMILES string of the molecule is COC(c1cccc(OCc2ccccc2)c1C)c1c[nH]c2ncccc12.Cc1c(Cc2c[nH]c3ncccc23)cccc1OCc1ccccc1.Cc1c(OCc2ccccc2)cccc1C(=O)c1c[nH]c2ncccc12.Cc1c(OCc2ccccc2)cccc1C(O)c1c[nH]c2ncccc12. The highest BCUT2D eigenvalue weighted by atomic mass is 16.5. The normalized spacial score (nSPS) is 11.6. The number of fused-ring (bicyclic) bond motifs is 4. The van der Waals surface area contributed by atoms with Crippen LogP contribution in [0.4, 0.5) is 0 Å². The van der Waals surface area contributed by atoms with Crippen molar-refractivity contribution in [2.45, 2.75) is 72.8 Å². The fourth-order valence-electron chi connectivity index (χ4n) is 12.8. The van der Waals surface area contributed by atoms with E-state index in [4.69, 9.17) is 23.7 Å². The van der Waals surface area contributed by atoms with Crippen LogP contribution in [-0.4, -0.2) is 57.9 Å². The summed E-state index contributed by atoms with van der Waals surface area (Å²) < 4.78 is 30.0. The van der Waals surface area contributed by atoms with Gasteiger partial charge >= 0.3 is 0 Å². The number of carbonyl (C=O) groups is 1. The largest absolute Gasteiger partial charge is 0.489 e. The molecule has 0 fully saturated rings. The number of nitrogens with one attached hydrogen (secondary N) is 4. The van der Waals surface area contributed by atoms with E-state index in [1.807, 2.05) is 220 Å². The monoisotopic (exact) mass is 1370 g/mol. The van der Waals surface area contributed by atoms with Crippen molar-refractivity contribution in [2.24, 2.45) is 0 Å². The molecule has 8 aromatic carbocycles. The van der Waals surface area contributed by atoms with Crippen molar-refractivity contribution in [3.8, 4) is 23.0 Å². The number of H-pyrrole nitrogens is 4. The van der Waals surface area contributed by atoms with Crippen LogP contribution in [0.1, 0.15) is 106 Å². The van der Waals surface area contributed by atoms with Crippen LogP contribution in [0.25, 0.3) is 44.1 Å². The molecule has 0 saturated carbocycles. The predicted octanol–water partition coefficient (Wildman–Crippen LogP) is 19.4. The molecule has 0 saturated heterocycles. The molecule has 8 heterocycles. The van der Waals surface area contributed by atoms with Crippen LogP contribution in [0.3, 0.4) is 0 Å². The number of ether oxygens (including phenoxy) is 5. The van der Waals surface area contributed by atoms with Crippen LogP contribution in [0.5, 0.6) is 23.0 Å². The number of ketones is 1. The molecule has 2 unspecified atom stereocenters. The second kappa shape index (κ2) is 33.7. The van der Waals surface area contributed by atoms with Gasteiger partial charge in [0.15, 0.2) is 5.78 Å². The van der Waals surface area contributed by atoms with Gasteiger partial charge in [-0.05, 0) is 168 Å². The molecule has 518 valence electrons. The van der Waals surface area contributed by atoms with Gasteiger partial charge < -0.3 is 48.7 Å². The summed E-state index contributed by atoms with van der Waals surface area (Å²) in [6.45, 7) is 10.2. The summed E-state index contributed by atoms with van der Waals surface area (Å²) in [7, 11) is 1.73. The smallest absolute Gasteiger partial charge is 0.195 e. The van der Waals surface area contributed by atoms with Gasteiger partial charge in [-0.1, -0.05) is 170 Å². The Balaban J connectivity index is 0.000000123. The Morgan fingerprint density at radius 1 is 0.346 bits per heavy atom. The molecule has 0 radical (unpaired) electrons. The highest BCUT2D eigenvalue weighted by Gasteiger charge is 2.24. The topological polar surface area (TPSA) is 198 Å². The van der Waals surface area contributed by atoms with Gasteiger partial charge in [0.05, 0.1) is 0 Å². The third-order valence-corrected chi connectivity index (χ3v) is 18.5. The number of aromatic amines is 4. The van der Waals surface area contributed by atoms with E-state index >= 15 is 0 Å². The van der Waals surface area contributed by atoms with Crippen LogP contribution in [0, 0.1) is 27.7 Å². The predicted molar refractivity (Wildman–Crippen MR) is 411 cm³/mol. The lowest BCUT2D eigenvalue weighted by Crippen LogP contribution is -2.07. The average molecular weight is 1370 g/mol. The summed E-state index contributed by atoms with van der Waals surface area (Å²) in [6, 6.07) is 79.9. The lowest BCUT2D eigenvalue weighted by Gasteiger charge is -2.20. The van der Waals surface area contributed by atoms with Crippen LogP contribution in [-0.2, 0) is 37.6 Å². The van der Waals surface area contributed by atoms with Gasteiger partial charge in [-0.2, -0.15) is 0 Å². The molecule has 2 atom stereocenters. The zero-order valence-electron chi connectivity index (χ0n) is 58.6. The zero-order chi connectivity index (χ0) is 71.6. The Kier molecular flexibility index (Phi) is 22.6. The third kappa shape index (κ3) is 16.5. The highest BCUT2D eigenvalue weighted by molar-refractivity contribution is 6.16. The van der Waals surface area contributed by atoms with Crippen molar-refractivity contribution < 1.29 is 33.6 Å². The lowest BCUT2D eigenvalue weighted by atomic mass is 9.97. The number of benzene rings is 8. The molecule has 15 nitrogen and oxygen atoms in total. The summed E-state index contributed by atoms with van der Waals surface area (Å²) in [5.41, 5.74) is 19.5. The molecule has 16 rings (SSSR count). The number of hydrogen-bond acceptors (Lipinski definition) is 11. The minimum absolute atomic E-state index is 0.0353. The number of carbonyl (C=O) groups excluding carboxylic acids is 1. The molecule has 16 aromatic rings. The van der Waals surface area contributed by atoms with Gasteiger partial charge in [0.1, 0.15) is 84.2 Å². The molecule has 0 amide bonds. The molecule has 0 aliphatic rings.